The number of nitrogens with one attached hydrogen (secondary N) is 3. The van der Waals surface area contributed by atoms with Crippen LogP contribution in [0, 0.1) is 12.7 Å². The van der Waals surface area contributed by atoms with E-state index in [9.17, 15) is 9.18 Å². The second kappa shape index (κ2) is 8.32. The number of aromatic amines is 2. The number of hydrogen-bond acceptors (Lipinski definition) is 6. The maximum atomic E-state index is 14.0. The number of thiophene rings is 1. The molecule has 0 aliphatic carbocycles. The number of hydrogen-bond donors (Lipinski definition) is 3. The number of ether oxygens (including phenoxy) is 1. The SMILES string of the molecule is Cc1ccc2c(n1)sc1c(=O)[nH][nH]c12.Fc1cc(N2CCNCC2)cc2c1CCCO2. The molecule has 4 aromatic rings. The molecule has 0 atom stereocenters. The Morgan fingerprint density at radius 1 is 1.19 bits per heavy atom. The van der Waals surface area contributed by atoms with Gasteiger partial charge in [-0.2, -0.15) is 0 Å². The number of benzene rings is 1. The third-order valence-corrected chi connectivity index (χ3v) is 6.75. The van der Waals surface area contributed by atoms with Crippen LogP contribution in [0.2, 0.25) is 0 Å². The van der Waals surface area contributed by atoms with Gasteiger partial charge in [0.25, 0.3) is 5.56 Å². The van der Waals surface area contributed by atoms with E-state index < -0.39 is 0 Å². The molecule has 6 rings (SSSR count). The molecule has 0 spiro atoms. The first-order valence-electron chi connectivity index (χ1n) is 10.5. The van der Waals surface area contributed by atoms with E-state index >= 15 is 0 Å². The Kier molecular flexibility index (Phi) is 5.37. The van der Waals surface area contributed by atoms with Gasteiger partial charge in [-0.15, -0.1) is 11.3 Å². The topological polar surface area (TPSA) is 86.0 Å². The van der Waals surface area contributed by atoms with Crippen molar-refractivity contribution in [3.05, 3.63) is 51.7 Å². The van der Waals surface area contributed by atoms with E-state index in [-0.39, 0.29) is 11.4 Å². The van der Waals surface area contributed by atoms with Gasteiger partial charge in [0.05, 0.1) is 12.1 Å². The van der Waals surface area contributed by atoms with Crippen LogP contribution in [0.5, 0.6) is 5.75 Å². The Morgan fingerprint density at radius 2 is 2.03 bits per heavy atom. The van der Waals surface area contributed by atoms with Crippen molar-refractivity contribution in [2.75, 3.05) is 37.7 Å². The van der Waals surface area contributed by atoms with Crippen LogP contribution in [0.25, 0.3) is 20.4 Å². The quantitative estimate of drug-likeness (QED) is 0.422. The second-order valence-corrected chi connectivity index (χ2v) is 8.78. The van der Waals surface area contributed by atoms with E-state index in [4.69, 9.17) is 4.74 Å². The van der Waals surface area contributed by atoms with Gasteiger partial charge < -0.3 is 15.0 Å². The fourth-order valence-electron chi connectivity index (χ4n) is 4.04. The van der Waals surface area contributed by atoms with E-state index in [2.05, 4.69) is 25.4 Å². The lowest BCUT2D eigenvalue weighted by Gasteiger charge is -2.30. The van der Waals surface area contributed by atoms with Crippen molar-refractivity contribution in [2.45, 2.75) is 19.8 Å². The molecular weight excluding hydrogens is 417 g/mol. The molecule has 9 heteroatoms. The first-order chi connectivity index (χ1) is 15.1. The molecular formula is C22H24FN5O2S. The van der Waals surface area contributed by atoms with Crippen molar-refractivity contribution in [3.63, 3.8) is 0 Å². The molecule has 0 unspecified atom stereocenters. The summed E-state index contributed by atoms with van der Waals surface area (Å²) in [6.07, 6.45) is 1.71. The van der Waals surface area contributed by atoms with Crippen LogP contribution in [0.15, 0.2) is 29.1 Å². The molecule has 3 N–H and O–H groups in total. The summed E-state index contributed by atoms with van der Waals surface area (Å²) in [5.41, 5.74) is 3.46. The fourth-order valence-corrected chi connectivity index (χ4v) is 5.11. The van der Waals surface area contributed by atoms with Crippen molar-refractivity contribution in [2.24, 2.45) is 0 Å². The standard InChI is InChI=1S/C13H17FN2O.C9H7N3OS/c14-12-8-10(16-5-3-15-4-6-16)9-13-11(12)2-1-7-17-13;1-4-2-3-5-6-7(8(13)12-11-6)14-9(5)10-4/h8-9,15H,1-7H2;2-3H,1H3,(H2,11,12,13). The molecule has 0 bridgehead atoms. The van der Waals surface area contributed by atoms with Crippen LogP contribution in [0.4, 0.5) is 10.1 Å². The second-order valence-electron chi connectivity index (χ2n) is 7.78. The zero-order valence-corrected chi connectivity index (χ0v) is 18.1. The Morgan fingerprint density at radius 3 is 2.87 bits per heavy atom. The number of halogens is 1. The largest absolute Gasteiger partial charge is 0.493 e. The average Bonchev–Trinajstić information content (AvgIpc) is 3.33. The Labute approximate surface area is 182 Å². The van der Waals surface area contributed by atoms with Crippen LogP contribution in [-0.2, 0) is 6.42 Å². The number of piperazine rings is 1. The van der Waals surface area contributed by atoms with Gasteiger partial charge in [-0.3, -0.25) is 15.0 Å². The highest BCUT2D eigenvalue weighted by Crippen LogP contribution is 2.32. The molecule has 31 heavy (non-hydrogen) atoms. The Hall–Kier alpha value is -2.91. The monoisotopic (exact) mass is 441 g/mol. The molecule has 0 radical (unpaired) electrons. The van der Waals surface area contributed by atoms with E-state index in [0.717, 1.165) is 82.1 Å². The highest BCUT2D eigenvalue weighted by molar-refractivity contribution is 7.25. The van der Waals surface area contributed by atoms with Crippen molar-refractivity contribution in [1.29, 1.82) is 0 Å². The number of nitrogens with zero attached hydrogens (tertiary/aromatic N) is 2. The number of aryl methyl sites for hydroxylation is 1. The van der Waals surface area contributed by atoms with Gasteiger partial charge in [0.2, 0.25) is 0 Å². The van der Waals surface area contributed by atoms with Crippen molar-refractivity contribution in [3.8, 4) is 5.75 Å². The predicted octanol–water partition coefficient (Wildman–Crippen LogP) is 3.33. The summed E-state index contributed by atoms with van der Waals surface area (Å²) in [5, 5.41) is 9.73. The molecule has 0 saturated carbocycles. The Balaban J connectivity index is 0.000000134. The molecule has 1 fully saturated rings. The number of aromatic nitrogens is 3. The number of H-pyrrole nitrogens is 2. The third kappa shape index (κ3) is 3.90. The molecule has 7 nitrogen and oxygen atoms in total. The van der Waals surface area contributed by atoms with Gasteiger partial charge >= 0.3 is 0 Å². The minimum absolute atomic E-state index is 0.0688. The summed E-state index contributed by atoms with van der Waals surface area (Å²) < 4.78 is 20.2. The lowest BCUT2D eigenvalue weighted by molar-refractivity contribution is 0.284. The van der Waals surface area contributed by atoms with E-state index in [1.165, 1.54) is 11.3 Å². The molecule has 1 saturated heterocycles. The lowest BCUT2D eigenvalue weighted by Crippen LogP contribution is -2.43. The first kappa shape index (κ1) is 20.0. The van der Waals surface area contributed by atoms with Gasteiger partial charge in [0.1, 0.15) is 21.1 Å². The molecule has 0 amide bonds. The Bertz CT molecular complexity index is 1290. The molecule has 2 aliphatic heterocycles. The minimum atomic E-state index is -0.115. The van der Waals surface area contributed by atoms with Gasteiger partial charge in [0, 0.05) is 54.6 Å². The summed E-state index contributed by atoms with van der Waals surface area (Å²) in [7, 11) is 0. The number of fused-ring (bicyclic) bond motifs is 4. The average molecular weight is 442 g/mol. The maximum Gasteiger partial charge on any atom is 0.281 e. The maximum absolute atomic E-state index is 14.0. The van der Waals surface area contributed by atoms with Crippen molar-refractivity contribution < 1.29 is 9.13 Å². The molecule has 2 aliphatic rings. The highest BCUT2D eigenvalue weighted by Gasteiger charge is 2.19. The summed E-state index contributed by atoms with van der Waals surface area (Å²) >= 11 is 1.42. The summed E-state index contributed by atoms with van der Waals surface area (Å²) in [6.45, 7) is 6.42. The number of pyridine rings is 1. The third-order valence-electron chi connectivity index (χ3n) is 5.65. The number of rotatable bonds is 1. The molecule has 5 heterocycles. The molecule has 1 aromatic carbocycles. The summed E-state index contributed by atoms with van der Waals surface area (Å²) in [5.74, 6) is 0.625. The zero-order chi connectivity index (χ0) is 21.4. The van der Waals surface area contributed by atoms with Crippen molar-refractivity contribution in [1.82, 2.24) is 20.5 Å². The fraction of sp³-hybridized carbons (Fsp3) is 0.364. The zero-order valence-electron chi connectivity index (χ0n) is 17.3. The molecule has 3 aromatic heterocycles. The first-order valence-corrected chi connectivity index (χ1v) is 11.3. The minimum Gasteiger partial charge on any atom is -0.493 e. The highest BCUT2D eigenvalue weighted by atomic mass is 32.1. The van der Waals surface area contributed by atoms with Crippen molar-refractivity contribution >= 4 is 37.5 Å². The van der Waals surface area contributed by atoms with Crippen LogP contribution in [0.1, 0.15) is 17.7 Å². The van der Waals surface area contributed by atoms with Crippen LogP contribution in [0.3, 0.4) is 0 Å². The van der Waals surface area contributed by atoms with E-state index in [1.807, 2.05) is 25.1 Å². The van der Waals surface area contributed by atoms with E-state index in [1.54, 1.807) is 6.07 Å². The van der Waals surface area contributed by atoms with Crippen LogP contribution in [-0.4, -0.2) is 48.0 Å². The van der Waals surface area contributed by atoms with Gasteiger partial charge in [-0.25, -0.2) is 9.37 Å². The van der Waals surface area contributed by atoms with E-state index in [0.29, 0.717) is 6.61 Å². The van der Waals surface area contributed by atoms with Gasteiger partial charge in [0.15, 0.2) is 0 Å². The summed E-state index contributed by atoms with van der Waals surface area (Å²) in [4.78, 5) is 18.8. The van der Waals surface area contributed by atoms with Crippen LogP contribution < -0.4 is 20.5 Å². The van der Waals surface area contributed by atoms with Gasteiger partial charge in [-0.1, -0.05) is 0 Å². The summed E-state index contributed by atoms with van der Waals surface area (Å²) in [6, 6.07) is 7.57. The van der Waals surface area contributed by atoms with Gasteiger partial charge in [-0.05, 0) is 38.0 Å². The smallest absolute Gasteiger partial charge is 0.281 e. The van der Waals surface area contributed by atoms with Crippen LogP contribution >= 0.6 is 11.3 Å². The lowest BCUT2D eigenvalue weighted by atomic mass is 10.0. The predicted molar refractivity (Wildman–Crippen MR) is 122 cm³/mol. The normalized spacial score (nSPS) is 16.0. The molecule has 162 valence electrons. The number of anilines is 1.